The molecule has 1 aliphatic rings. The summed E-state index contributed by atoms with van der Waals surface area (Å²) in [7, 11) is -3.57. The van der Waals surface area contributed by atoms with Gasteiger partial charge in [-0.1, -0.05) is 17.7 Å². The van der Waals surface area contributed by atoms with E-state index in [4.69, 9.17) is 0 Å². The number of nitrogens with zero attached hydrogens (tertiary/aromatic N) is 1. The van der Waals surface area contributed by atoms with E-state index in [2.05, 4.69) is 9.62 Å². The molecule has 0 radical (unpaired) electrons. The van der Waals surface area contributed by atoms with Crippen LogP contribution in [0.1, 0.15) is 29.5 Å². The van der Waals surface area contributed by atoms with Gasteiger partial charge in [-0.15, -0.1) is 0 Å². The fourth-order valence-corrected chi connectivity index (χ4v) is 4.62. The van der Waals surface area contributed by atoms with Crippen LogP contribution >= 0.6 is 0 Å². The zero-order valence-electron chi connectivity index (χ0n) is 14.5. The first-order chi connectivity index (χ1) is 11.4. The van der Waals surface area contributed by atoms with Crippen LogP contribution in [0.3, 0.4) is 0 Å². The van der Waals surface area contributed by atoms with Gasteiger partial charge in [0.25, 0.3) is 10.0 Å². The molecule has 0 aliphatic carbocycles. The van der Waals surface area contributed by atoms with Crippen LogP contribution in [-0.4, -0.2) is 21.5 Å². The van der Waals surface area contributed by atoms with Gasteiger partial charge in [0.2, 0.25) is 0 Å². The zero-order chi connectivity index (χ0) is 17.3. The van der Waals surface area contributed by atoms with Crippen molar-refractivity contribution < 1.29 is 8.42 Å². The van der Waals surface area contributed by atoms with Gasteiger partial charge in [-0.2, -0.15) is 0 Å². The highest BCUT2D eigenvalue weighted by Crippen LogP contribution is 2.28. The first kappa shape index (κ1) is 16.8. The molecule has 2 aromatic rings. The van der Waals surface area contributed by atoms with Crippen LogP contribution in [0.2, 0.25) is 0 Å². The summed E-state index contributed by atoms with van der Waals surface area (Å²) < 4.78 is 28.0. The van der Waals surface area contributed by atoms with Gasteiger partial charge in [0.15, 0.2) is 0 Å². The van der Waals surface area contributed by atoms with E-state index < -0.39 is 10.0 Å². The Balaban J connectivity index is 1.86. The Morgan fingerprint density at radius 3 is 2.25 bits per heavy atom. The predicted octanol–water partition coefficient (Wildman–Crippen LogP) is 4.01. The smallest absolute Gasteiger partial charge is 0.262 e. The number of benzene rings is 2. The van der Waals surface area contributed by atoms with Crippen molar-refractivity contribution in [3.63, 3.8) is 0 Å². The molecule has 1 heterocycles. The maximum Gasteiger partial charge on any atom is 0.262 e. The molecule has 3 rings (SSSR count). The normalized spacial score (nSPS) is 14.9. The molecule has 5 heteroatoms. The van der Waals surface area contributed by atoms with E-state index in [0.29, 0.717) is 10.6 Å². The molecule has 24 heavy (non-hydrogen) atoms. The van der Waals surface area contributed by atoms with E-state index in [1.165, 1.54) is 18.5 Å². The monoisotopic (exact) mass is 344 g/mol. The summed E-state index contributed by atoms with van der Waals surface area (Å²) in [6.45, 7) is 7.96. The lowest BCUT2D eigenvalue weighted by atomic mass is 10.1. The van der Waals surface area contributed by atoms with E-state index >= 15 is 0 Å². The van der Waals surface area contributed by atoms with Crippen molar-refractivity contribution in [2.45, 2.75) is 38.5 Å². The fraction of sp³-hybridized carbons (Fsp3) is 0.368. The second kappa shape index (κ2) is 6.48. The molecule has 1 aliphatic heterocycles. The quantitative estimate of drug-likeness (QED) is 0.911. The topological polar surface area (TPSA) is 49.4 Å². The van der Waals surface area contributed by atoms with Crippen LogP contribution in [-0.2, 0) is 10.0 Å². The Bertz CT molecular complexity index is 854. The minimum absolute atomic E-state index is 0.328. The minimum Gasteiger partial charge on any atom is -0.371 e. The second-order valence-electron chi connectivity index (χ2n) is 6.57. The molecule has 0 aromatic heterocycles. The lowest BCUT2D eigenvalue weighted by Crippen LogP contribution is -2.19. The highest BCUT2D eigenvalue weighted by molar-refractivity contribution is 7.92. The molecule has 1 N–H and O–H groups in total. The molecule has 1 saturated heterocycles. The summed E-state index contributed by atoms with van der Waals surface area (Å²) in [4.78, 5) is 2.69. The van der Waals surface area contributed by atoms with Gasteiger partial charge >= 0.3 is 0 Å². The minimum atomic E-state index is -3.57. The van der Waals surface area contributed by atoms with Crippen LogP contribution in [0.25, 0.3) is 0 Å². The Morgan fingerprint density at radius 2 is 1.62 bits per heavy atom. The van der Waals surface area contributed by atoms with Crippen molar-refractivity contribution in [1.29, 1.82) is 0 Å². The van der Waals surface area contributed by atoms with Crippen molar-refractivity contribution >= 4 is 21.4 Å². The van der Waals surface area contributed by atoms with Crippen LogP contribution in [0, 0.1) is 20.8 Å². The number of anilines is 2. The number of aryl methyl sites for hydroxylation is 3. The van der Waals surface area contributed by atoms with Gasteiger partial charge in [-0.05, 0) is 69.0 Å². The fourth-order valence-electron chi connectivity index (χ4n) is 3.34. The third kappa shape index (κ3) is 3.41. The van der Waals surface area contributed by atoms with Gasteiger partial charge in [0.1, 0.15) is 0 Å². The summed E-state index contributed by atoms with van der Waals surface area (Å²) in [5.74, 6) is 0. The molecular formula is C19H24N2O2S. The van der Waals surface area contributed by atoms with Gasteiger partial charge in [-0.25, -0.2) is 8.42 Å². The zero-order valence-corrected chi connectivity index (χ0v) is 15.3. The Morgan fingerprint density at radius 1 is 0.917 bits per heavy atom. The second-order valence-corrected chi connectivity index (χ2v) is 8.22. The molecule has 0 amide bonds. The standard InChI is InChI=1S/C19H24N2O2S/c1-14-6-9-19(16(3)12-14)24(22,23)20-17-7-8-18(15(2)13-17)21-10-4-5-11-21/h6-9,12-13,20H,4-5,10-11H2,1-3H3. The van der Waals surface area contributed by atoms with E-state index in [1.807, 2.05) is 51.1 Å². The lowest BCUT2D eigenvalue weighted by molar-refractivity contribution is 0.600. The maximum atomic E-state index is 12.7. The van der Waals surface area contributed by atoms with Crippen LogP contribution in [0.5, 0.6) is 0 Å². The van der Waals surface area contributed by atoms with Crippen molar-refractivity contribution in [3.05, 3.63) is 53.1 Å². The largest absolute Gasteiger partial charge is 0.371 e. The lowest BCUT2D eigenvalue weighted by Gasteiger charge is -2.21. The SMILES string of the molecule is Cc1ccc(S(=O)(=O)Nc2ccc(N3CCCC3)c(C)c2)c(C)c1. The molecule has 0 spiro atoms. The molecular weight excluding hydrogens is 320 g/mol. The highest BCUT2D eigenvalue weighted by Gasteiger charge is 2.18. The third-order valence-electron chi connectivity index (χ3n) is 4.52. The van der Waals surface area contributed by atoms with E-state index in [0.717, 1.165) is 29.8 Å². The van der Waals surface area contributed by atoms with Crippen molar-refractivity contribution in [2.24, 2.45) is 0 Å². The summed E-state index contributed by atoms with van der Waals surface area (Å²) >= 11 is 0. The number of hydrogen-bond acceptors (Lipinski definition) is 3. The number of hydrogen-bond donors (Lipinski definition) is 1. The van der Waals surface area contributed by atoms with Crippen molar-refractivity contribution in [3.8, 4) is 0 Å². The summed E-state index contributed by atoms with van der Waals surface area (Å²) in [6.07, 6.45) is 2.45. The third-order valence-corrected chi connectivity index (χ3v) is 6.06. The van der Waals surface area contributed by atoms with Gasteiger partial charge < -0.3 is 4.90 Å². The number of rotatable bonds is 4. The van der Waals surface area contributed by atoms with Gasteiger partial charge in [-0.3, -0.25) is 4.72 Å². The highest BCUT2D eigenvalue weighted by atomic mass is 32.2. The van der Waals surface area contributed by atoms with E-state index in [-0.39, 0.29) is 0 Å². The van der Waals surface area contributed by atoms with Crippen molar-refractivity contribution in [1.82, 2.24) is 0 Å². The van der Waals surface area contributed by atoms with Gasteiger partial charge in [0, 0.05) is 24.5 Å². The first-order valence-corrected chi connectivity index (χ1v) is 9.81. The molecule has 2 aromatic carbocycles. The molecule has 128 valence electrons. The van der Waals surface area contributed by atoms with Crippen molar-refractivity contribution in [2.75, 3.05) is 22.7 Å². The average molecular weight is 344 g/mol. The molecule has 0 unspecified atom stereocenters. The predicted molar refractivity (Wildman–Crippen MR) is 99.4 cm³/mol. The summed E-state index contributed by atoms with van der Waals surface area (Å²) in [5.41, 5.74) is 4.71. The van der Waals surface area contributed by atoms with E-state index in [1.54, 1.807) is 6.07 Å². The van der Waals surface area contributed by atoms with Crippen LogP contribution in [0.4, 0.5) is 11.4 Å². The molecule has 0 bridgehead atoms. The number of sulfonamides is 1. The Labute approximate surface area is 144 Å². The number of nitrogens with one attached hydrogen (secondary N) is 1. The van der Waals surface area contributed by atoms with E-state index in [9.17, 15) is 8.42 Å². The molecule has 0 saturated carbocycles. The maximum absolute atomic E-state index is 12.7. The Kier molecular flexibility index (Phi) is 4.54. The molecule has 1 fully saturated rings. The van der Waals surface area contributed by atoms with Crippen LogP contribution in [0.15, 0.2) is 41.3 Å². The molecule has 4 nitrogen and oxygen atoms in total. The average Bonchev–Trinajstić information content (AvgIpc) is 3.00. The Hall–Kier alpha value is -2.01. The molecule has 0 atom stereocenters. The van der Waals surface area contributed by atoms with Gasteiger partial charge in [0.05, 0.1) is 4.90 Å². The summed E-state index contributed by atoms with van der Waals surface area (Å²) in [5, 5.41) is 0. The summed E-state index contributed by atoms with van der Waals surface area (Å²) in [6, 6.07) is 11.1. The van der Waals surface area contributed by atoms with Crippen LogP contribution < -0.4 is 9.62 Å². The first-order valence-electron chi connectivity index (χ1n) is 8.32.